The summed E-state index contributed by atoms with van der Waals surface area (Å²) in [7, 11) is -1.71. The zero-order valence-corrected chi connectivity index (χ0v) is 15.4. The lowest BCUT2D eigenvalue weighted by Gasteiger charge is -2.36. The van der Waals surface area contributed by atoms with Crippen LogP contribution in [0.2, 0.25) is 18.1 Å². The molecule has 0 bridgehead atoms. The molecule has 0 aromatic heterocycles. The third kappa shape index (κ3) is 4.56. The third-order valence-electron chi connectivity index (χ3n) is 4.89. The lowest BCUT2D eigenvalue weighted by atomic mass is 9.89. The zero-order valence-electron chi connectivity index (χ0n) is 14.4. The highest BCUT2D eigenvalue weighted by Gasteiger charge is 2.39. The van der Waals surface area contributed by atoms with Gasteiger partial charge in [0.25, 0.3) is 0 Å². The molecule has 1 aliphatic rings. The molecule has 20 heavy (non-hydrogen) atoms. The van der Waals surface area contributed by atoms with E-state index in [4.69, 9.17) is 4.43 Å². The first-order valence-corrected chi connectivity index (χ1v) is 10.6. The molecule has 1 aliphatic carbocycles. The molecular formula is C17H32O2Si. The van der Waals surface area contributed by atoms with E-state index in [0.29, 0.717) is 18.8 Å². The molecule has 1 rings (SSSR count). The number of rotatable bonds is 5. The predicted molar refractivity (Wildman–Crippen MR) is 88.4 cm³/mol. The van der Waals surface area contributed by atoms with Gasteiger partial charge in [0.1, 0.15) is 5.78 Å². The minimum Gasteiger partial charge on any atom is -0.413 e. The maximum absolute atomic E-state index is 12.0. The monoisotopic (exact) mass is 296 g/mol. The van der Waals surface area contributed by atoms with E-state index in [-0.39, 0.29) is 16.4 Å². The van der Waals surface area contributed by atoms with E-state index in [0.717, 1.165) is 18.4 Å². The van der Waals surface area contributed by atoms with Crippen LogP contribution in [-0.2, 0) is 9.22 Å². The van der Waals surface area contributed by atoms with Crippen molar-refractivity contribution < 1.29 is 9.22 Å². The van der Waals surface area contributed by atoms with Crippen molar-refractivity contribution in [2.24, 2.45) is 11.3 Å². The Morgan fingerprint density at radius 2 is 1.95 bits per heavy atom. The Balaban J connectivity index is 2.48. The van der Waals surface area contributed by atoms with Crippen LogP contribution in [0.4, 0.5) is 0 Å². The smallest absolute Gasteiger partial charge is 0.192 e. The number of carbonyl (C=O) groups is 1. The van der Waals surface area contributed by atoms with Crippen LogP contribution in [0.3, 0.4) is 0 Å². The summed E-state index contributed by atoms with van der Waals surface area (Å²) >= 11 is 0. The Labute approximate surface area is 126 Å². The van der Waals surface area contributed by atoms with Gasteiger partial charge in [-0.1, -0.05) is 46.8 Å². The minimum atomic E-state index is -1.71. The van der Waals surface area contributed by atoms with Crippen molar-refractivity contribution in [1.29, 1.82) is 0 Å². The second-order valence-electron chi connectivity index (χ2n) is 8.71. The van der Waals surface area contributed by atoms with E-state index in [9.17, 15) is 4.79 Å². The van der Waals surface area contributed by atoms with Crippen LogP contribution in [0.1, 0.15) is 53.9 Å². The van der Waals surface area contributed by atoms with Gasteiger partial charge in [-0.2, -0.15) is 0 Å². The number of hydrogen-bond acceptors (Lipinski definition) is 2. The van der Waals surface area contributed by atoms with E-state index in [1.165, 1.54) is 0 Å². The highest BCUT2D eigenvalue weighted by Crippen LogP contribution is 2.41. The fourth-order valence-electron chi connectivity index (χ4n) is 2.56. The third-order valence-corrected chi connectivity index (χ3v) is 9.36. The molecule has 116 valence electrons. The number of carbonyl (C=O) groups excluding carboxylic acids is 1. The molecule has 0 aromatic carbocycles. The largest absolute Gasteiger partial charge is 0.413 e. The highest BCUT2D eigenvalue weighted by atomic mass is 28.4. The summed E-state index contributed by atoms with van der Waals surface area (Å²) in [6, 6.07) is 0. The van der Waals surface area contributed by atoms with Crippen molar-refractivity contribution in [1.82, 2.24) is 0 Å². The minimum absolute atomic E-state index is 0.167. The predicted octanol–water partition coefficient (Wildman–Crippen LogP) is 4.96. The molecule has 0 aliphatic heterocycles. The normalized spacial score (nSPS) is 23.1. The van der Waals surface area contributed by atoms with Gasteiger partial charge in [-0.25, -0.2) is 0 Å². The lowest BCUT2D eigenvalue weighted by Crippen LogP contribution is -2.41. The Hall–Kier alpha value is -0.413. The molecular weight excluding hydrogens is 264 g/mol. The first kappa shape index (κ1) is 17.6. The topological polar surface area (TPSA) is 26.3 Å². The summed E-state index contributed by atoms with van der Waals surface area (Å²) in [4.78, 5) is 12.0. The number of hydrogen-bond donors (Lipinski definition) is 0. The molecule has 0 N–H and O–H groups in total. The molecule has 3 heteroatoms. The molecule has 0 amide bonds. The maximum Gasteiger partial charge on any atom is 0.192 e. The van der Waals surface area contributed by atoms with Gasteiger partial charge in [-0.15, -0.1) is 0 Å². The number of Topliss-reactive ketones (excluding diaryl/α,β-unsaturated/α-hetero) is 1. The molecule has 1 unspecified atom stereocenters. The second kappa shape index (κ2) is 5.76. The first-order valence-electron chi connectivity index (χ1n) is 7.67. The second-order valence-corrected chi connectivity index (χ2v) is 13.5. The molecule has 1 saturated carbocycles. The maximum atomic E-state index is 12.0. The SMILES string of the molecule is C=C(CO[Si](C)(C)C(C)(C)C)CC1CC(C)(C)CC1=O. The van der Waals surface area contributed by atoms with Gasteiger partial charge < -0.3 is 4.43 Å². The Morgan fingerprint density at radius 3 is 2.35 bits per heavy atom. The molecule has 2 nitrogen and oxygen atoms in total. The van der Waals surface area contributed by atoms with Crippen molar-refractivity contribution in [2.45, 2.75) is 72.0 Å². The van der Waals surface area contributed by atoms with Gasteiger partial charge in [-0.3, -0.25) is 4.79 Å². The van der Waals surface area contributed by atoms with Gasteiger partial charge in [0.05, 0.1) is 6.61 Å². The first-order chi connectivity index (χ1) is 8.84. The molecule has 0 aromatic rings. The van der Waals surface area contributed by atoms with Crippen LogP contribution >= 0.6 is 0 Å². The van der Waals surface area contributed by atoms with Crippen LogP contribution in [0, 0.1) is 11.3 Å². The summed E-state index contributed by atoms with van der Waals surface area (Å²) < 4.78 is 6.18. The van der Waals surface area contributed by atoms with Crippen molar-refractivity contribution in [3.63, 3.8) is 0 Å². The fourth-order valence-corrected chi connectivity index (χ4v) is 3.56. The average Bonchev–Trinajstić information content (AvgIpc) is 2.47. The highest BCUT2D eigenvalue weighted by molar-refractivity contribution is 6.74. The summed E-state index contributed by atoms with van der Waals surface area (Å²) in [5.74, 6) is 0.573. The molecule has 0 spiro atoms. The zero-order chi connectivity index (χ0) is 15.8. The quantitative estimate of drug-likeness (QED) is 0.529. The summed E-state index contributed by atoms with van der Waals surface area (Å²) in [5.41, 5.74) is 1.24. The van der Waals surface area contributed by atoms with Gasteiger partial charge in [0.2, 0.25) is 0 Å². The molecule has 1 atom stereocenters. The van der Waals surface area contributed by atoms with Crippen LogP contribution < -0.4 is 0 Å². The summed E-state index contributed by atoms with van der Waals surface area (Å²) in [5, 5.41) is 0.221. The van der Waals surface area contributed by atoms with Gasteiger partial charge >= 0.3 is 0 Å². The van der Waals surface area contributed by atoms with Crippen molar-refractivity contribution >= 4 is 14.1 Å². The summed E-state index contributed by atoms with van der Waals surface area (Å²) in [6.45, 7) is 20.3. The molecule has 0 radical (unpaired) electrons. The van der Waals surface area contributed by atoms with Crippen LogP contribution in [0.15, 0.2) is 12.2 Å². The molecule has 0 heterocycles. The lowest BCUT2D eigenvalue weighted by molar-refractivity contribution is -0.120. The van der Waals surface area contributed by atoms with E-state index in [1.54, 1.807) is 0 Å². The fraction of sp³-hybridized carbons (Fsp3) is 0.824. The van der Waals surface area contributed by atoms with E-state index in [1.807, 2.05) is 0 Å². The van der Waals surface area contributed by atoms with Crippen molar-refractivity contribution in [3.8, 4) is 0 Å². The summed E-state index contributed by atoms with van der Waals surface area (Å²) in [6.07, 6.45) is 2.51. The van der Waals surface area contributed by atoms with E-state index < -0.39 is 8.32 Å². The van der Waals surface area contributed by atoms with Crippen LogP contribution in [-0.4, -0.2) is 20.7 Å². The Bertz CT molecular complexity index is 388. The Morgan fingerprint density at radius 1 is 1.40 bits per heavy atom. The van der Waals surface area contributed by atoms with Crippen LogP contribution in [0.5, 0.6) is 0 Å². The van der Waals surface area contributed by atoms with Crippen molar-refractivity contribution in [2.75, 3.05) is 6.61 Å². The van der Waals surface area contributed by atoms with E-state index >= 15 is 0 Å². The van der Waals surface area contributed by atoms with Gasteiger partial charge in [-0.05, 0) is 36.4 Å². The average molecular weight is 297 g/mol. The molecule has 0 saturated heterocycles. The molecule has 1 fully saturated rings. The standard InChI is InChI=1S/C17H32O2Si/c1-13(12-19-20(7,8)16(2,3)4)9-14-10-17(5,6)11-15(14)18/h14H,1,9-12H2,2-8H3. The number of ketones is 1. The Kier molecular flexibility index (Phi) is 5.08. The van der Waals surface area contributed by atoms with Crippen molar-refractivity contribution in [3.05, 3.63) is 12.2 Å². The van der Waals surface area contributed by atoms with Gasteiger partial charge in [0, 0.05) is 12.3 Å². The van der Waals surface area contributed by atoms with Crippen LogP contribution in [0.25, 0.3) is 0 Å². The van der Waals surface area contributed by atoms with E-state index in [2.05, 4.69) is 54.3 Å². The van der Waals surface area contributed by atoms with Gasteiger partial charge in [0.15, 0.2) is 8.32 Å².